The van der Waals surface area contributed by atoms with Gasteiger partial charge < -0.3 is 5.32 Å². The van der Waals surface area contributed by atoms with Gasteiger partial charge in [-0.1, -0.05) is 67.1 Å². The Morgan fingerprint density at radius 3 is 2.12 bits per heavy atom. The summed E-state index contributed by atoms with van der Waals surface area (Å²) in [6, 6.07) is 23.8. The highest BCUT2D eigenvalue weighted by atomic mass is 32.2. The summed E-state index contributed by atoms with van der Waals surface area (Å²) >= 11 is 0. The first-order valence-corrected chi connectivity index (χ1v) is 12.3. The first-order valence-electron chi connectivity index (χ1n) is 10.9. The Hall–Kier alpha value is -3.12. The molecule has 1 N–H and O–H groups in total. The lowest BCUT2D eigenvalue weighted by Gasteiger charge is -2.24. The number of aryl methyl sites for hydroxylation is 3. The van der Waals surface area contributed by atoms with Crippen molar-refractivity contribution in [1.82, 2.24) is 5.32 Å². The molecule has 0 saturated carbocycles. The standard InChI is InChI=1S/C26H30N2O3S/c1-3-22-15-17-24(18-16-22)28(32(30,31)25-9-5-4-6-10-25)20-26(29)27-19-7-8-23-13-11-21(2)12-14-23/h4-6,9-18H,3,7-8,19-20H2,1-2H3,(H,27,29). The summed E-state index contributed by atoms with van der Waals surface area (Å²) < 4.78 is 27.8. The molecule has 0 fully saturated rings. The molecule has 3 aromatic carbocycles. The van der Waals surface area contributed by atoms with Gasteiger partial charge in [0.15, 0.2) is 0 Å². The first kappa shape index (κ1) is 23.5. The van der Waals surface area contributed by atoms with Gasteiger partial charge in [0.25, 0.3) is 10.0 Å². The fraction of sp³-hybridized carbons (Fsp3) is 0.269. The van der Waals surface area contributed by atoms with Crippen molar-refractivity contribution in [1.29, 1.82) is 0 Å². The van der Waals surface area contributed by atoms with E-state index >= 15 is 0 Å². The van der Waals surface area contributed by atoms with Crippen LogP contribution in [-0.4, -0.2) is 27.4 Å². The minimum Gasteiger partial charge on any atom is -0.355 e. The van der Waals surface area contributed by atoms with Crippen molar-refractivity contribution in [3.63, 3.8) is 0 Å². The minimum absolute atomic E-state index is 0.159. The second kappa shape index (κ2) is 11.0. The highest BCUT2D eigenvalue weighted by Crippen LogP contribution is 2.24. The number of amides is 1. The second-order valence-electron chi connectivity index (χ2n) is 7.78. The molecule has 0 aliphatic heterocycles. The molecule has 0 heterocycles. The van der Waals surface area contributed by atoms with Crippen LogP contribution >= 0.6 is 0 Å². The van der Waals surface area contributed by atoms with Gasteiger partial charge in [-0.05, 0) is 61.6 Å². The summed E-state index contributed by atoms with van der Waals surface area (Å²) in [7, 11) is -3.87. The maximum absolute atomic E-state index is 13.3. The average Bonchev–Trinajstić information content (AvgIpc) is 2.82. The lowest BCUT2D eigenvalue weighted by Crippen LogP contribution is -2.41. The third kappa shape index (κ3) is 6.20. The number of anilines is 1. The number of benzene rings is 3. The molecule has 0 atom stereocenters. The van der Waals surface area contributed by atoms with Crippen LogP contribution in [0.2, 0.25) is 0 Å². The zero-order valence-corrected chi connectivity index (χ0v) is 19.4. The molecule has 0 aliphatic rings. The van der Waals surface area contributed by atoms with Gasteiger partial charge in [0.05, 0.1) is 10.6 Å². The maximum atomic E-state index is 13.3. The molecule has 1 amide bonds. The molecule has 0 aromatic heterocycles. The van der Waals surface area contributed by atoms with E-state index in [0.717, 1.165) is 24.8 Å². The SMILES string of the molecule is CCc1ccc(N(CC(=O)NCCCc2ccc(C)cc2)S(=O)(=O)c2ccccc2)cc1. The molecule has 3 rings (SSSR count). The molecule has 6 heteroatoms. The summed E-state index contributed by atoms with van der Waals surface area (Å²) in [5, 5.41) is 2.87. The zero-order valence-electron chi connectivity index (χ0n) is 18.6. The Labute approximate surface area is 191 Å². The second-order valence-corrected chi connectivity index (χ2v) is 9.65. The Bertz CT molecular complexity index is 1110. The third-order valence-electron chi connectivity index (χ3n) is 5.34. The summed E-state index contributed by atoms with van der Waals surface area (Å²) in [6.45, 7) is 4.31. The number of nitrogens with one attached hydrogen (secondary N) is 1. The van der Waals surface area contributed by atoms with Crippen molar-refractivity contribution in [2.75, 3.05) is 17.4 Å². The lowest BCUT2D eigenvalue weighted by molar-refractivity contribution is -0.119. The summed E-state index contributed by atoms with van der Waals surface area (Å²) in [5.74, 6) is -0.326. The van der Waals surface area contributed by atoms with Crippen LogP contribution in [0.15, 0.2) is 83.8 Å². The van der Waals surface area contributed by atoms with E-state index in [1.807, 2.05) is 19.1 Å². The van der Waals surface area contributed by atoms with E-state index in [1.54, 1.807) is 42.5 Å². The van der Waals surface area contributed by atoms with Crippen LogP contribution in [0.25, 0.3) is 0 Å². The molecule has 168 valence electrons. The van der Waals surface area contributed by atoms with Gasteiger partial charge in [-0.15, -0.1) is 0 Å². The summed E-state index contributed by atoms with van der Waals surface area (Å²) in [5.41, 5.74) is 4.01. The Kier molecular flexibility index (Phi) is 8.06. The molecular formula is C26H30N2O3S. The number of carbonyl (C=O) groups is 1. The van der Waals surface area contributed by atoms with Crippen LogP contribution in [0.1, 0.15) is 30.0 Å². The smallest absolute Gasteiger partial charge is 0.264 e. The number of sulfonamides is 1. The van der Waals surface area contributed by atoms with Gasteiger partial charge in [-0.3, -0.25) is 9.10 Å². The quantitative estimate of drug-likeness (QED) is 0.463. The van der Waals surface area contributed by atoms with Crippen molar-refractivity contribution in [3.05, 3.63) is 95.6 Å². The average molecular weight is 451 g/mol. The number of rotatable bonds is 10. The van der Waals surface area contributed by atoms with Crippen molar-refractivity contribution in [3.8, 4) is 0 Å². The normalized spacial score (nSPS) is 11.2. The number of nitrogens with zero attached hydrogens (tertiary/aromatic N) is 1. The first-order chi connectivity index (χ1) is 15.4. The minimum atomic E-state index is -3.87. The predicted molar refractivity (Wildman–Crippen MR) is 129 cm³/mol. The Morgan fingerprint density at radius 2 is 1.50 bits per heavy atom. The summed E-state index contributed by atoms with van der Waals surface area (Å²) in [6.07, 6.45) is 2.49. The Balaban J connectivity index is 1.69. The van der Waals surface area contributed by atoms with Gasteiger partial charge in [0.1, 0.15) is 6.54 Å². The van der Waals surface area contributed by atoms with Crippen LogP contribution in [0, 0.1) is 6.92 Å². The molecule has 0 unspecified atom stereocenters. The van der Waals surface area contributed by atoms with Gasteiger partial charge in [0.2, 0.25) is 5.91 Å². The van der Waals surface area contributed by atoms with E-state index in [9.17, 15) is 13.2 Å². The molecular weight excluding hydrogens is 420 g/mol. The van der Waals surface area contributed by atoms with Crippen LogP contribution < -0.4 is 9.62 Å². The van der Waals surface area contributed by atoms with Crippen LogP contribution in [-0.2, 0) is 27.7 Å². The molecule has 3 aromatic rings. The monoisotopic (exact) mass is 450 g/mol. The third-order valence-corrected chi connectivity index (χ3v) is 7.12. The van der Waals surface area contributed by atoms with Crippen molar-refractivity contribution < 1.29 is 13.2 Å². The number of hydrogen-bond donors (Lipinski definition) is 1. The largest absolute Gasteiger partial charge is 0.355 e. The molecule has 0 aliphatic carbocycles. The van der Waals surface area contributed by atoms with E-state index in [4.69, 9.17) is 0 Å². The zero-order chi connectivity index (χ0) is 23.0. The van der Waals surface area contributed by atoms with Gasteiger partial charge in [-0.2, -0.15) is 0 Å². The van der Waals surface area contributed by atoms with E-state index in [0.29, 0.717) is 12.2 Å². The molecule has 0 bridgehead atoms. The highest BCUT2D eigenvalue weighted by molar-refractivity contribution is 7.92. The van der Waals surface area contributed by atoms with Gasteiger partial charge >= 0.3 is 0 Å². The molecule has 32 heavy (non-hydrogen) atoms. The van der Waals surface area contributed by atoms with Crippen molar-refractivity contribution >= 4 is 21.6 Å². The number of hydrogen-bond acceptors (Lipinski definition) is 3. The van der Waals surface area contributed by atoms with Crippen molar-refractivity contribution in [2.24, 2.45) is 0 Å². The fourth-order valence-electron chi connectivity index (χ4n) is 3.39. The van der Waals surface area contributed by atoms with E-state index in [2.05, 4.69) is 36.5 Å². The molecule has 0 radical (unpaired) electrons. The molecule has 0 saturated heterocycles. The predicted octanol–water partition coefficient (Wildman–Crippen LogP) is 4.50. The molecule has 0 spiro atoms. The highest BCUT2D eigenvalue weighted by Gasteiger charge is 2.26. The Morgan fingerprint density at radius 1 is 0.875 bits per heavy atom. The molecule has 5 nitrogen and oxygen atoms in total. The van der Waals surface area contributed by atoms with Gasteiger partial charge in [0, 0.05) is 6.54 Å². The van der Waals surface area contributed by atoms with Gasteiger partial charge in [-0.25, -0.2) is 8.42 Å². The fourth-order valence-corrected chi connectivity index (χ4v) is 4.84. The lowest BCUT2D eigenvalue weighted by atomic mass is 10.1. The van der Waals surface area contributed by atoms with Crippen molar-refractivity contribution in [2.45, 2.75) is 38.0 Å². The summed E-state index contributed by atoms with van der Waals surface area (Å²) in [4.78, 5) is 12.8. The topological polar surface area (TPSA) is 66.5 Å². The number of carbonyl (C=O) groups excluding carboxylic acids is 1. The van der Waals surface area contributed by atoms with Crippen LogP contribution in [0.3, 0.4) is 0 Å². The maximum Gasteiger partial charge on any atom is 0.264 e. The van der Waals surface area contributed by atoms with E-state index < -0.39 is 10.0 Å². The van der Waals surface area contributed by atoms with Crippen LogP contribution in [0.5, 0.6) is 0 Å². The van der Waals surface area contributed by atoms with Crippen LogP contribution in [0.4, 0.5) is 5.69 Å². The van der Waals surface area contributed by atoms with E-state index in [1.165, 1.54) is 15.4 Å². The van der Waals surface area contributed by atoms with E-state index in [-0.39, 0.29) is 17.3 Å².